The third kappa shape index (κ3) is 3.67. The van der Waals surface area contributed by atoms with Crippen LogP contribution in [0, 0.1) is 6.92 Å². The fourth-order valence-corrected chi connectivity index (χ4v) is 2.36. The van der Waals surface area contributed by atoms with Crippen LogP contribution in [-0.2, 0) is 11.2 Å². The van der Waals surface area contributed by atoms with Crippen LogP contribution in [0.3, 0.4) is 0 Å². The first-order chi connectivity index (χ1) is 8.66. The largest absolute Gasteiger partial charge is 0.354 e. The molecule has 0 bridgehead atoms. The van der Waals surface area contributed by atoms with E-state index in [2.05, 4.69) is 20.8 Å². The van der Waals surface area contributed by atoms with Crippen molar-refractivity contribution in [2.75, 3.05) is 13.1 Å². The van der Waals surface area contributed by atoms with Crippen LogP contribution in [0.25, 0.3) is 0 Å². The monoisotopic (exact) mass is 288 g/mol. The third-order valence-electron chi connectivity index (χ3n) is 3.48. The number of aryl methyl sites for hydroxylation is 1. The summed E-state index contributed by atoms with van der Waals surface area (Å²) in [5.74, 6) is 1.27. The number of carbonyl (C=O) groups is 1. The molecule has 1 amide bonds. The van der Waals surface area contributed by atoms with Crippen LogP contribution in [0.2, 0.25) is 0 Å². The van der Waals surface area contributed by atoms with Crippen molar-refractivity contribution in [3.05, 3.63) is 11.7 Å². The normalized spacial score (nSPS) is 22.0. The second-order valence-electron chi connectivity index (χ2n) is 4.71. The maximum Gasteiger partial charge on any atom is 0.240 e. The van der Waals surface area contributed by atoms with Crippen molar-refractivity contribution >= 4 is 18.3 Å². The Morgan fingerprint density at radius 3 is 2.89 bits per heavy atom. The van der Waals surface area contributed by atoms with Gasteiger partial charge >= 0.3 is 0 Å². The van der Waals surface area contributed by atoms with E-state index in [1.807, 2.05) is 6.92 Å². The van der Waals surface area contributed by atoms with Gasteiger partial charge in [-0.2, -0.15) is 4.98 Å². The standard InChI is InChI=1S/C12H20N4O2.ClH/c1-3-12(6-4-7-14-12)11(17)13-8-5-10-15-9(2)16-18-10;/h14H,3-8H2,1-2H3,(H,13,17);1H. The molecule has 2 heterocycles. The zero-order valence-corrected chi connectivity index (χ0v) is 12.2. The average Bonchev–Trinajstić information content (AvgIpc) is 2.99. The lowest BCUT2D eigenvalue weighted by Gasteiger charge is -2.26. The first-order valence-electron chi connectivity index (χ1n) is 6.49. The maximum atomic E-state index is 12.2. The molecular formula is C12H21ClN4O2. The van der Waals surface area contributed by atoms with Gasteiger partial charge in [-0.3, -0.25) is 4.79 Å². The quantitative estimate of drug-likeness (QED) is 0.845. The fourth-order valence-electron chi connectivity index (χ4n) is 2.36. The van der Waals surface area contributed by atoms with Gasteiger partial charge in [-0.1, -0.05) is 12.1 Å². The summed E-state index contributed by atoms with van der Waals surface area (Å²) in [4.78, 5) is 16.3. The van der Waals surface area contributed by atoms with E-state index < -0.39 is 0 Å². The first kappa shape index (κ1) is 15.9. The Balaban J connectivity index is 0.00000180. The number of nitrogens with one attached hydrogen (secondary N) is 2. The van der Waals surface area contributed by atoms with E-state index in [0.717, 1.165) is 25.8 Å². The van der Waals surface area contributed by atoms with Crippen LogP contribution in [0.15, 0.2) is 4.52 Å². The lowest BCUT2D eigenvalue weighted by molar-refractivity contribution is -0.127. The molecule has 108 valence electrons. The summed E-state index contributed by atoms with van der Waals surface area (Å²) in [6.07, 6.45) is 3.37. The third-order valence-corrected chi connectivity index (χ3v) is 3.48. The molecule has 1 atom stereocenters. The molecule has 1 saturated heterocycles. The smallest absolute Gasteiger partial charge is 0.240 e. The van der Waals surface area contributed by atoms with Gasteiger partial charge in [0.2, 0.25) is 11.8 Å². The van der Waals surface area contributed by atoms with E-state index in [-0.39, 0.29) is 23.9 Å². The van der Waals surface area contributed by atoms with Crippen molar-refractivity contribution in [3.63, 3.8) is 0 Å². The van der Waals surface area contributed by atoms with Gasteiger partial charge in [0, 0.05) is 13.0 Å². The lowest BCUT2D eigenvalue weighted by atomic mass is 9.93. The molecule has 2 N–H and O–H groups in total. The highest BCUT2D eigenvalue weighted by Gasteiger charge is 2.38. The van der Waals surface area contributed by atoms with Gasteiger partial charge in [0.15, 0.2) is 5.82 Å². The number of hydrogen-bond acceptors (Lipinski definition) is 5. The Morgan fingerprint density at radius 1 is 1.58 bits per heavy atom. The number of aromatic nitrogens is 2. The molecule has 0 aromatic carbocycles. The molecule has 19 heavy (non-hydrogen) atoms. The second kappa shape index (κ2) is 6.86. The molecule has 1 aromatic heterocycles. The second-order valence-corrected chi connectivity index (χ2v) is 4.71. The van der Waals surface area contributed by atoms with E-state index in [1.165, 1.54) is 0 Å². The summed E-state index contributed by atoms with van der Waals surface area (Å²) < 4.78 is 5.00. The van der Waals surface area contributed by atoms with Crippen LogP contribution in [-0.4, -0.2) is 34.7 Å². The summed E-state index contributed by atoms with van der Waals surface area (Å²) >= 11 is 0. The van der Waals surface area contributed by atoms with E-state index >= 15 is 0 Å². The van der Waals surface area contributed by atoms with Gasteiger partial charge in [-0.25, -0.2) is 0 Å². The van der Waals surface area contributed by atoms with Crippen LogP contribution in [0.4, 0.5) is 0 Å². The molecule has 1 aliphatic rings. The van der Waals surface area contributed by atoms with Crippen LogP contribution >= 0.6 is 12.4 Å². The number of hydrogen-bond donors (Lipinski definition) is 2. The maximum absolute atomic E-state index is 12.2. The summed E-state index contributed by atoms with van der Waals surface area (Å²) in [6.45, 7) is 5.27. The zero-order valence-electron chi connectivity index (χ0n) is 11.4. The minimum atomic E-state index is -0.370. The summed E-state index contributed by atoms with van der Waals surface area (Å²) in [5, 5.41) is 9.96. The molecule has 1 aromatic rings. The van der Waals surface area contributed by atoms with E-state index in [1.54, 1.807) is 6.92 Å². The van der Waals surface area contributed by atoms with Crippen molar-refractivity contribution in [3.8, 4) is 0 Å². The molecule has 1 unspecified atom stereocenters. The highest BCUT2D eigenvalue weighted by Crippen LogP contribution is 2.22. The van der Waals surface area contributed by atoms with Gasteiger partial charge in [0.1, 0.15) is 0 Å². The number of amides is 1. The van der Waals surface area contributed by atoms with Gasteiger partial charge < -0.3 is 15.2 Å². The molecule has 1 fully saturated rings. The van der Waals surface area contributed by atoms with Gasteiger partial charge in [-0.15, -0.1) is 12.4 Å². The number of nitrogens with zero attached hydrogens (tertiary/aromatic N) is 2. The van der Waals surface area contributed by atoms with Gasteiger partial charge in [0.25, 0.3) is 0 Å². The molecule has 0 saturated carbocycles. The van der Waals surface area contributed by atoms with Crippen molar-refractivity contribution in [2.45, 2.75) is 45.1 Å². The van der Waals surface area contributed by atoms with E-state index in [4.69, 9.17) is 4.52 Å². The molecule has 6 nitrogen and oxygen atoms in total. The van der Waals surface area contributed by atoms with E-state index in [0.29, 0.717) is 24.7 Å². The summed E-state index contributed by atoms with van der Waals surface area (Å²) in [6, 6.07) is 0. The number of halogens is 1. The van der Waals surface area contributed by atoms with Gasteiger partial charge in [0.05, 0.1) is 5.54 Å². The predicted molar refractivity (Wildman–Crippen MR) is 73.3 cm³/mol. The van der Waals surface area contributed by atoms with Crippen LogP contribution < -0.4 is 10.6 Å². The lowest BCUT2D eigenvalue weighted by Crippen LogP contribution is -2.53. The molecule has 2 rings (SSSR count). The van der Waals surface area contributed by atoms with Crippen LogP contribution in [0.1, 0.15) is 37.9 Å². The minimum absolute atomic E-state index is 0. The molecule has 0 aliphatic carbocycles. The van der Waals surface area contributed by atoms with Crippen molar-refractivity contribution in [1.29, 1.82) is 0 Å². The SMILES string of the molecule is CCC1(C(=O)NCCc2nc(C)no2)CCCN1.Cl. The average molecular weight is 289 g/mol. The summed E-state index contributed by atoms with van der Waals surface area (Å²) in [5.41, 5.74) is -0.370. The summed E-state index contributed by atoms with van der Waals surface area (Å²) in [7, 11) is 0. The van der Waals surface area contributed by atoms with E-state index in [9.17, 15) is 4.79 Å². The zero-order chi connectivity index (χ0) is 13.0. The molecular weight excluding hydrogens is 268 g/mol. The highest BCUT2D eigenvalue weighted by molar-refractivity contribution is 5.86. The highest BCUT2D eigenvalue weighted by atomic mass is 35.5. The molecule has 1 aliphatic heterocycles. The predicted octanol–water partition coefficient (Wildman–Crippen LogP) is 0.991. The van der Waals surface area contributed by atoms with Crippen molar-refractivity contribution in [2.24, 2.45) is 0 Å². The Hall–Kier alpha value is -1.14. The number of carbonyl (C=O) groups excluding carboxylic acids is 1. The molecule has 0 radical (unpaired) electrons. The first-order valence-corrected chi connectivity index (χ1v) is 6.49. The molecule has 7 heteroatoms. The Kier molecular flexibility index (Phi) is 5.75. The topological polar surface area (TPSA) is 80.1 Å². The fraction of sp³-hybridized carbons (Fsp3) is 0.750. The Labute approximate surface area is 119 Å². The van der Waals surface area contributed by atoms with Crippen molar-refractivity contribution < 1.29 is 9.32 Å². The molecule has 0 spiro atoms. The van der Waals surface area contributed by atoms with Gasteiger partial charge in [-0.05, 0) is 32.7 Å². The Morgan fingerprint density at radius 2 is 2.37 bits per heavy atom. The Bertz CT molecular complexity index is 416. The number of rotatable bonds is 5. The minimum Gasteiger partial charge on any atom is -0.354 e. The van der Waals surface area contributed by atoms with Crippen LogP contribution in [0.5, 0.6) is 0 Å². The van der Waals surface area contributed by atoms with Crippen molar-refractivity contribution in [1.82, 2.24) is 20.8 Å².